The van der Waals surface area contributed by atoms with Crippen molar-refractivity contribution >= 4 is 23.3 Å². The van der Waals surface area contributed by atoms with E-state index < -0.39 is 0 Å². The van der Waals surface area contributed by atoms with Gasteiger partial charge in [-0.15, -0.1) is 0 Å². The maximum Gasteiger partial charge on any atom is 0.321 e. The van der Waals surface area contributed by atoms with Crippen molar-refractivity contribution in [1.29, 1.82) is 0 Å². The van der Waals surface area contributed by atoms with Crippen LogP contribution in [0.3, 0.4) is 0 Å². The summed E-state index contributed by atoms with van der Waals surface area (Å²) >= 11 is 5.94. The average Bonchev–Trinajstić information content (AvgIpc) is 2.62. The van der Waals surface area contributed by atoms with E-state index in [0.717, 1.165) is 38.3 Å². The fourth-order valence-electron chi connectivity index (χ4n) is 2.68. The molecule has 0 bridgehead atoms. The van der Waals surface area contributed by atoms with Crippen molar-refractivity contribution in [2.45, 2.75) is 25.8 Å². The molecule has 0 unspecified atom stereocenters. The normalized spacial score (nSPS) is 17.2. The van der Waals surface area contributed by atoms with Gasteiger partial charge in [0.2, 0.25) is 0 Å². The molecule has 3 N–H and O–H groups in total. The first-order chi connectivity index (χ1) is 10.3. The molecule has 0 aromatic heterocycles. The first kappa shape index (κ1) is 17.1. The summed E-state index contributed by atoms with van der Waals surface area (Å²) in [4.78, 5) is 16.5. The third-order valence-corrected chi connectivity index (χ3v) is 3.82. The Balaban J connectivity index is 1.89. The van der Waals surface area contributed by atoms with E-state index in [1.165, 1.54) is 0 Å². The van der Waals surface area contributed by atoms with Crippen LogP contribution in [0.2, 0.25) is 5.02 Å². The number of anilines is 1. The number of halogens is 1. The lowest BCUT2D eigenvalue weighted by Crippen LogP contribution is -2.46. The maximum atomic E-state index is 12.4. The van der Waals surface area contributed by atoms with E-state index in [2.05, 4.69) is 10.2 Å². The summed E-state index contributed by atoms with van der Waals surface area (Å²) in [6.07, 6.45) is 0.957. The van der Waals surface area contributed by atoms with Gasteiger partial charge in [-0.2, -0.15) is 0 Å². The predicted octanol–water partition coefficient (Wildman–Crippen LogP) is 2.62. The molecule has 1 aliphatic heterocycles. The van der Waals surface area contributed by atoms with E-state index in [1.807, 2.05) is 30.9 Å². The van der Waals surface area contributed by atoms with Gasteiger partial charge >= 0.3 is 6.03 Å². The highest BCUT2D eigenvalue weighted by molar-refractivity contribution is 6.30. The zero-order valence-electron chi connectivity index (χ0n) is 13.3. The Hall–Kier alpha value is -1.30. The quantitative estimate of drug-likeness (QED) is 0.898. The van der Waals surface area contributed by atoms with Gasteiger partial charge in [0.25, 0.3) is 0 Å². The second kappa shape index (κ2) is 7.31. The largest absolute Gasteiger partial charge is 0.324 e. The fourth-order valence-corrected chi connectivity index (χ4v) is 2.87. The first-order valence-corrected chi connectivity index (χ1v) is 8.04. The van der Waals surface area contributed by atoms with Crippen LogP contribution in [0.25, 0.3) is 0 Å². The van der Waals surface area contributed by atoms with Gasteiger partial charge in [0.15, 0.2) is 0 Å². The number of rotatable bonds is 3. The maximum absolute atomic E-state index is 12.4. The van der Waals surface area contributed by atoms with Crippen LogP contribution in [0.1, 0.15) is 20.3 Å². The van der Waals surface area contributed by atoms with Gasteiger partial charge in [-0.25, -0.2) is 4.79 Å². The molecule has 1 heterocycles. The van der Waals surface area contributed by atoms with Crippen LogP contribution < -0.4 is 11.1 Å². The van der Waals surface area contributed by atoms with Crippen molar-refractivity contribution in [1.82, 2.24) is 9.80 Å². The number of carbonyl (C=O) groups excluding carboxylic acids is 1. The molecule has 0 aliphatic carbocycles. The minimum absolute atomic E-state index is 0.0730. The molecule has 5 nitrogen and oxygen atoms in total. The predicted molar refractivity (Wildman–Crippen MR) is 91.4 cm³/mol. The van der Waals surface area contributed by atoms with Crippen molar-refractivity contribution in [2.75, 3.05) is 38.0 Å². The summed E-state index contributed by atoms with van der Waals surface area (Å²) in [5, 5.41) is 3.52. The van der Waals surface area contributed by atoms with Crippen LogP contribution in [-0.4, -0.2) is 54.1 Å². The number of benzene rings is 1. The van der Waals surface area contributed by atoms with E-state index in [0.29, 0.717) is 11.6 Å². The Bertz CT molecular complexity index is 515. The number of amides is 2. The third kappa shape index (κ3) is 5.48. The second-order valence-electron chi connectivity index (χ2n) is 6.55. The van der Waals surface area contributed by atoms with Crippen LogP contribution in [0.5, 0.6) is 0 Å². The molecule has 2 rings (SSSR count). The Kier molecular flexibility index (Phi) is 5.67. The van der Waals surface area contributed by atoms with Crippen molar-refractivity contribution in [3.05, 3.63) is 29.3 Å². The number of carbonyl (C=O) groups is 1. The molecule has 6 heteroatoms. The number of nitrogens with zero attached hydrogens (tertiary/aromatic N) is 2. The molecule has 22 heavy (non-hydrogen) atoms. The van der Waals surface area contributed by atoms with Gasteiger partial charge in [0.1, 0.15) is 0 Å². The van der Waals surface area contributed by atoms with Crippen LogP contribution >= 0.6 is 11.6 Å². The van der Waals surface area contributed by atoms with Crippen LogP contribution in [0.15, 0.2) is 24.3 Å². The first-order valence-electron chi connectivity index (χ1n) is 7.66. The highest BCUT2D eigenvalue weighted by Crippen LogP contribution is 2.16. The lowest BCUT2D eigenvalue weighted by atomic mass is 10.1. The van der Waals surface area contributed by atoms with Gasteiger partial charge < -0.3 is 16.0 Å². The zero-order valence-corrected chi connectivity index (χ0v) is 14.1. The molecule has 0 atom stereocenters. The summed E-state index contributed by atoms with van der Waals surface area (Å²) in [7, 11) is 0. The van der Waals surface area contributed by atoms with Crippen molar-refractivity contribution < 1.29 is 4.79 Å². The van der Waals surface area contributed by atoms with E-state index in [4.69, 9.17) is 17.3 Å². The number of hydrogen-bond acceptors (Lipinski definition) is 3. The molecule has 1 fully saturated rings. The smallest absolute Gasteiger partial charge is 0.321 e. The lowest BCUT2D eigenvalue weighted by Gasteiger charge is -2.28. The van der Waals surface area contributed by atoms with Crippen LogP contribution in [0, 0.1) is 0 Å². The fraction of sp³-hybridized carbons (Fsp3) is 0.562. The SMILES string of the molecule is CC(C)(N)CN1CCCN(C(=O)Nc2cccc(Cl)c2)CC1. The third-order valence-electron chi connectivity index (χ3n) is 3.58. The topological polar surface area (TPSA) is 61.6 Å². The van der Waals surface area contributed by atoms with E-state index >= 15 is 0 Å². The van der Waals surface area contributed by atoms with E-state index in [1.54, 1.807) is 12.1 Å². The summed E-state index contributed by atoms with van der Waals surface area (Å²) in [6, 6.07) is 7.13. The molecule has 1 saturated heterocycles. The molecule has 0 spiro atoms. The Morgan fingerprint density at radius 2 is 2.09 bits per heavy atom. The second-order valence-corrected chi connectivity index (χ2v) is 6.98. The zero-order chi connectivity index (χ0) is 16.2. The molecule has 1 aliphatic rings. The van der Waals surface area contributed by atoms with Gasteiger partial charge in [0, 0.05) is 42.4 Å². The van der Waals surface area contributed by atoms with E-state index in [-0.39, 0.29) is 11.6 Å². The molecular weight excluding hydrogens is 300 g/mol. The highest BCUT2D eigenvalue weighted by Gasteiger charge is 2.22. The standard InChI is InChI=1S/C16H25ClN4O/c1-16(2,18)12-20-7-4-8-21(10-9-20)15(22)19-14-6-3-5-13(17)11-14/h3,5-6,11H,4,7-10,12,18H2,1-2H3,(H,19,22). The monoisotopic (exact) mass is 324 g/mol. The van der Waals surface area contributed by atoms with E-state index in [9.17, 15) is 4.79 Å². The Morgan fingerprint density at radius 1 is 1.32 bits per heavy atom. The lowest BCUT2D eigenvalue weighted by molar-refractivity contribution is 0.207. The van der Waals surface area contributed by atoms with Crippen molar-refractivity contribution in [3.63, 3.8) is 0 Å². The van der Waals surface area contributed by atoms with Gasteiger partial charge in [0.05, 0.1) is 0 Å². The number of hydrogen-bond donors (Lipinski definition) is 2. The number of urea groups is 1. The summed E-state index contributed by atoms with van der Waals surface area (Å²) in [5.41, 5.74) is 6.59. The number of nitrogens with two attached hydrogens (primary N) is 1. The van der Waals surface area contributed by atoms with Crippen molar-refractivity contribution in [3.8, 4) is 0 Å². The van der Waals surface area contributed by atoms with Crippen LogP contribution in [-0.2, 0) is 0 Å². The molecule has 0 radical (unpaired) electrons. The Labute approximate surface area is 137 Å². The molecular formula is C16H25ClN4O. The molecule has 1 aromatic carbocycles. The summed E-state index contributed by atoms with van der Waals surface area (Å²) < 4.78 is 0. The molecule has 0 saturated carbocycles. The summed E-state index contributed by atoms with van der Waals surface area (Å²) in [6.45, 7) is 8.20. The summed E-state index contributed by atoms with van der Waals surface area (Å²) in [5.74, 6) is 0. The Morgan fingerprint density at radius 3 is 2.77 bits per heavy atom. The molecule has 2 amide bonds. The average molecular weight is 325 g/mol. The molecule has 122 valence electrons. The minimum atomic E-state index is -0.210. The number of nitrogens with one attached hydrogen (secondary N) is 1. The van der Waals surface area contributed by atoms with Crippen LogP contribution in [0.4, 0.5) is 10.5 Å². The minimum Gasteiger partial charge on any atom is -0.324 e. The van der Waals surface area contributed by atoms with Gasteiger partial charge in [-0.05, 0) is 45.0 Å². The van der Waals surface area contributed by atoms with Crippen molar-refractivity contribution in [2.24, 2.45) is 5.73 Å². The van der Waals surface area contributed by atoms with Gasteiger partial charge in [-0.3, -0.25) is 4.90 Å². The molecule has 1 aromatic rings. The van der Waals surface area contributed by atoms with Gasteiger partial charge in [-0.1, -0.05) is 17.7 Å². The highest BCUT2D eigenvalue weighted by atomic mass is 35.5.